The molecule has 1 atom stereocenters. The average molecular weight is 355 g/mol. The van der Waals surface area contributed by atoms with E-state index in [0.29, 0.717) is 25.1 Å². The Hall–Kier alpha value is -1.67. The minimum atomic E-state index is -3.03. The molecular formula is C16H25N3O4S. The SMILES string of the molecule is CCN(C(=O)c1cncc(NCCCOC)c1)C1CCS(=O)(=O)C1. The van der Waals surface area contributed by atoms with E-state index in [-0.39, 0.29) is 23.5 Å². The van der Waals surface area contributed by atoms with Gasteiger partial charge in [-0.25, -0.2) is 8.42 Å². The Bertz CT molecular complexity index is 663. The lowest BCUT2D eigenvalue weighted by Gasteiger charge is -2.27. The highest BCUT2D eigenvalue weighted by Gasteiger charge is 2.34. The van der Waals surface area contributed by atoms with Gasteiger partial charge in [0.25, 0.3) is 5.91 Å². The second kappa shape index (κ2) is 8.43. The summed E-state index contributed by atoms with van der Waals surface area (Å²) in [4.78, 5) is 18.5. The summed E-state index contributed by atoms with van der Waals surface area (Å²) in [5.74, 6) is 0.0306. The lowest BCUT2D eigenvalue weighted by atomic mass is 10.1. The van der Waals surface area contributed by atoms with Crippen LogP contribution in [0, 0.1) is 0 Å². The molecule has 1 aromatic rings. The summed E-state index contributed by atoms with van der Waals surface area (Å²) in [7, 11) is -1.37. The summed E-state index contributed by atoms with van der Waals surface area (Å²) in [5, 5.41) is 3.21. The van der Waals surface area contributed by atoms with Crippen LogP contribution in [0.15, 0.2) is 18.5 Å². The van der Waals surface area contributed by atoms with Gasteiger partial charge in [0, 0.05) is 45.2 Å². The van der Waals surface area contributed by atoms with Gasteiger partial charge in [-0.05, 0) is 25.8 Å². The third-order valence-electron chi connectivity index (χ3n) is 4.09. The van der Waals surface area contributed by atoms with Crippen molar-refractivity contribution in [3.8, 4) is 0 Å². The highest BCUT2D eigenvalue weighted by atomic mass is 32.2. The van der Waals surface area contributed by atoms with Gasteiger partial charge in [-0.3, -0.25) is 9.78 Å². The fraction of sp³-hybridized carbons (Fsp3) is 0.625. The molecule has 0 aliphatic carbocycles. The van der Waals surface area contributed by atoms with Gasteiger partial charge in [0.2, 0.25) is 0 Å². The molecule has 0 radical (unpaired) electrons. The van der Waals surface area contributed by atoms with Crippen molar-refractivity contribution >= 4 is 21.4 Å². The fourth-order valence-electron chi connectivity index (χ4n) is 2.86. The van der Waals surface area contributed by atoms with Crippen LogP contribution in [0.1, 0.15) is 30.1 Å². The van der Waals surface area contributed by atoms with Crippen LogP contribution in [0.3, 0.4) is 0 Å². The summed E-state index contributed by atoms with van der Waals surface area (Å²) in [5.41, 5.74) is 1.24. The number of rotatable bonds is 8. The number of pyridine rings is 1. The minimum Gasteiger partial charge on any atom is -0.385 e. The summed E-state index contributed by atoms with van der Waals surface area (Å²) in [6.45, 7) is 3.73. The van der Waals surface area contributed by atoms with Crippen LogP contribution in [0.25, 0.3) is 0 Å². The first-order valence-electron chi connectivity index (χ1n) is 8.16. The molecule has 0 spiro atoms. The molecule has 2 rings (SSSR count). The zero-order chi connectivity index (χ0) is 17.6. The van der Waals surface area contributed by atoms with Gasteiger partial charge in [-0.1, -0.05) is 0 Å². The third kappa shape index (κ3) is 4.91. The Kier molecular flexibility index (Phi) is 6.56. The normalized spacial score (nSPS) is 19.2. The molecule has 2 heterocycles. The van der Waals surface area contributed by atoms with Gasteiger partial charge in [-0.15, -0.1) is 0 Å². The molecule has 1 saturated heterocycles. The number of methoxy groups -OCH3 is 1. The molecule has 1 unspecified atom stereocenters. The Balaban J connectivity index is 2.04. The maximum absolute atomic E-state index is 12.7. The maximum Gasteiger partial charge on any atom is 0.255 e. The van der Waals surface area contributed by atoms with Gasteiger partial charge in [-0.2, -0.15) is 0 Å². The van der Waals surface area contributed by atoms with E-state index in [0.717, 1.165) is 18.7 Å². The molecule has 8 heteroatoms. The number of carbonyl (C=O) groups is 1. The molecule has 0 saturated carbocycles. The zero-order valence-corrected chi connectivity index (χ0v) is 15.0. The summed E-state index contributed by atoms with van der Waals surface area (Å²) < 4.78 is 28.3. The van der Waals surface area contributed by atoms with Crippen molar-refractivity contribution in [1.29, 1.82) is 0 Å². The van der Waals surface area contributed by atoms with Gasteiger partial charge in [0.05, 0.1) is 22.8 Å². The highest BCUT2D eigenvalue weighted by Crippen LogP contribution is 2.20. The lowest BCUT2D eigenvalue weighted by Crippen LogP contribution is -2.41. The van der Waals surface area contributed by atoms with Crippen LogP contribution >= 0.6 is 0 Å². The quantitative estimate of drug-likeness (QED) is 0.705. The van der Waals surface area contributed by atoms with Crippen molar-refractivity contribution < 1.29 is 17.9 Å². The van der Waals surface area contributed by atoms with Gasteiger partial charge in [0.15, 0.2) is 9.84 Å². The van der Waals surface area contributed by atoms with Crippen LogP contribution < -0.4 is 5.32 Å². The number of carbonyl (C=O) groups excluding carboxylic acids is 1. The molecule has 1 N–H and O–H groups in total. The van der Waals surface area contributed by atoms with E-state index in [1.165, 1.54) is 6.20 Å². The van der Waals surface area contributed by atoms with Gasteiger partial charge < -0.3 is 15.0 Å². The first-order chi connectivity index (χ1) is 11.5. The molecule has 1 aliphatic rings. The summed E-state index contributed by atoms with van der Waals surface area (Å²) >= 11 is 0. The second-order valence-electron chi connectivity index (χ2n) is 5.88. The molecule has 134 valence electrons. The minimum absolute atomic E-state index is 0.0506. The van der Waals surface area contributed by atoms with E-state index < -0.39 is 9.84 Å². The van der Waals surface area contributed by atoms with E-state index in [1.807, 2.05) is 6.92 Å². The molecule has 0 bridgehead atoms. The van der Waals surface area contributed by atoms with Crippen LogP contribution in [-0.2, 0) is 14.6 Å². The number of amides is 1. The van der Waals surface area contributed by atoms with E-state index in [1.54, 1.807) is 24.3 Å². The van der Waals surface area contributed by atoms with E-state index in [9.17, 15) is 13.2 Å². The molecule has 7 nitrogen and oxygen atoms in total. The number of hydrogen-bond acceptors (Lipinski definition) is 6. The van der Waals surface area contributed by atoms with Crippen molar-refractivity contribution in [3.05, 3.63) is 24.0 Å². The van der Waals surface area contributed by atoms with E-state index in [2.05, 4.69) is 10.3 Å². The smallest absolute Gasteiger partial charge is 0.255 e. The predicted molar refractivity (Wildman–Crippen MR) is 93.0 cm³/mol. The average Bonchev–Trinajstić information content (AvgIpc) is 2.92. The van der Waals surface area contributed by atoms with Crippen molar-refractivity contribution in [1.82, 2.24) is 9.88 Å². The first-order valence-corrected chi connectivity index (χ1v) is 9.98. The monoisotopic (exact) mass is 355 g/mol. The fourth-order valence-corrected chi connectivity index (χ4v) is 4.59. The Morgan fingerprint density at radius 3 is 2.88 bits per heavy atom. The van der Waals surface area contributed by atoms with Crippen molar-refractivity contribution in [3.63, 3.8) is 0 Å². The number of aromatic nitrogens is 1. The Labute approximate surface area is 143 Å². The van der Waals surface area contributed by atoms with Gasteiger partial charge >= 0.3 is 0 Å². The molecule has 1 amide bonds. The summed E-state index contributed by atoms with van der Waals surface area (Å²) in [6.07, 6.45) is 4.55. The molecule has 1 aliphatic heterocycles. The zero-order valence-electron chi connectivity index (χ0n) is 14.2. The molecule has 0 aromatic carbocycles. The molecule has 1 aromatic heterocycles. The van der Waals surface area contributed by atoms with Crippen molar-refractivity contribution in [2.24, 2.45) is 0 Å². The number of hydrogen-bond donors (Lipinski definition) is 1. The highest BCUT2D eigenvalue weighted by molar-refractivity contribution is 7.91. The molecule has 1 fully saturated rings. The van der Waals surface area contributed by atoms with Crippen LogP contribution in [0.5, 0.6) is 0 Å². The molecular weight excluding hydrogens is 330 g/mol. The largest absolute Gasteiger partial charge is 0.385 e. The lowest BCUT2D eigenvalue weighted by molar-refractivity contribution is 0.0708. The summed E-state index contributed by atoms with van der Waals surface area (Å²) in [6, 6.07) is 1.51. The number of anilines is 1. The van der Waals surface area contributed by atoms with Crippen molar-refractivity contribution in [2.45, 2.75) is 25.8 Å². The second-order valence-corrected chi connectivity index (χ2v) is 8.11. The number of nitrogens with zero attached hydrogens (tertiary/aromatic N) is 2. The maximum atomic E-state index is 12.7. The van der Waals surface area contributed by atoms with E-state index >= 15 is 0 Å². The Morgan fingerprint density at radius 1 is 1.46 bits per heavy atom. The number of ether oxygens (including phenoxy) is 1. The third-order valence-corrected chi connectivity index (χ3v) is 5.84. The van der Waals surface area contributed by atoms with Gasteiger partial charge in [0.1, 0.15) is 0 Å². The number of sulfone groups is 1. The number of nitrogens with one attached hydrogen (secondary N) is 1. The standard InChI is InChI=1S/C16H25N3O4S/c1-3-19(15-5-8-24(21,22)12-15)16(20)13-9-14(11-17-10-13)18-6-4-7-23-2/h9-11,15,18H,3-8,12H2,1-2H3. The molecule has 24 heavy (non-hydrogen) atoms. The van der Waals surface area contributed by atoms with Crippen LogP contribution in [0.4, 0.5) is 5.69 Å². The predicted octanol–water partition coefficient (Wildman–Crippen LogP) is 1.18. The van der Waals surface area contributed by atoms with Crippen molar-refractivity contribution in [2.75, 3.05) is 43.6 Å². The Morgan fingerprint density at radius 2 is 2.25 bits per heavy atom. The van der Waals surface area contributed by atoms with Crippen LogP contribution in [0.2, 0.25) is 0 Å². The van der Waals surface area contributed by atoms with Crippen LogP contribution in [-0.4, -0.2) is 68.6 Å². The topological polar surface area (TPSA) is 88.6 Å². The first kappa shape index (κ1) is 18.7. The van der Waals surface area contributed by atoms with E-state index in [4.69, 9.17) is 4.74 Å².